The van der Waals surface area contributed by atoms with Crippen molar-refractivity contribution in [3.05, 3.63) is 29.8 Å². The number of carbonyl (C=O) groups is 1. The van der Waals surface area contributed by atoms with Crippen LogP contribution in [0, 0.1) is 0 Å². The van der Waals surface area contributed by atoms with E-state index in [0.717, 1.165) is 18.7 Å². The Morgan fingerprint density at radius 1 is 1.29 bits per heavy atom. The van der Waals surface area contributed by atoms with Crippen molar-refractivity contribution in [1.82, 2.24) is 5.32 Å². The molecule has 114 valence electrons. The first kappa shape index (κ1) is 14.5. The number of amides is 1. The second-order valence-corrected chi connectivity index (χ2v) is 5.54. The minimum Gasteiger partial charge on any atom is -0.349 e. The molecule has 2 saturated heterocycles. The van der Waals surface area contributed by atoms with Gasteiger partial charge in [-0.3, -0.25) is 4.79 Å². The Labute approximate surface area is 125 Å². The van der Waals surface area contributed by atoms with Crippen LogP contribution in [0.2, 0.25) is 0 Å². The zero-order chi connectivity index (χ0) is 14.7. The Kier molecular flexibility index (Phi) is 4.53. The highest BCUT2D eigenvalue weighted by Gasteiger charge is 2.22. The summed E-state index contributed by atoms with van der Waals surface area (Å²) in [5, 5.41) is 3.41. The van der Waals surface area contributed by atoms with Gasteiger partial charge in [0.05, 0.1) is 13.2 Å². The second-order valence-electron chi connectivity index (χ2n) is 5.54. The van der Waals surface area contributed by atoms with Gasteiger partial charge in [0.25, 0.3) is 0 Å². The van der Waals surface area contributed by atoms with E-state index in [0.29, 0.717) is 26.2 Å². The van der Waals surface area contributed by atoms with E-state index in [4.69, 9.17) is 9.47 Å². The Hall–Kier alpha value is -1.43. The van der Waals surface area contributed by atoms with Crippen molar-refractivity contribution < 1.29 is 14.3 Å². The van der Waals surface area contributed by atoms with Crippen LogP contribution in [0.5, 0.6) is 0 Å². The highest BCUT2D eigenvalue weighted by atomic mass is 16.7. The lowest BCUT2D eigenvalue weighted by atomic mass is 10.1. The number of carbonyl (C=O) groups excluding carboxylic acids is 1. The fourth-order valence-electron chi connectivity index (χ4n) is 2.78. The molecule has 5 nitrogen and oxygen atoms in total. The van der Waals surface area contributed by atoms with Crippen LogP contribution in [-0.2, 0) is 14.3 Å². The lowest BCUT2D eigenvalue weighted by Gasteiger charge is -2.19. The highest BCUT2D eigenvalue weighted by molar-refractivity contribution is 5.95. The molecule has 0 radical (unpaired) electrons. The van der Waals surface area contributed by atoms with Gasteiger partial charge in [-0.25, -0.2) is 0 Å². The third-order valence-electron chi connectivity index (χ3n) is 4.06. The molecule has 3 rings (SSSR count). The van der Waals surface area contributed by atoms with Crippen LogP contribution in [0.4, 0.5) is 5.69 Å². The fraction of sp³-hybridized carbons (Fsp3) is 0.562. The zero-order valence-corrected chi connectivity index (χ0v) is 12.4. The van der Waals surface area contributed by atoms with Gasteiger partial charge in [0, 0.05) is 31.2 Å². The molecule has 21 heavy (non-hydrogen) atoms. The molecule has 2 aliphatic heterocycles. The van der Waals surface area contributed by atoms with Crippen LogP contribution in [0.25, 0.3) is 0 Å². The van der Waals surface area contributed by atoms with Gasteiger partial charge in [-0.15, -0.1) is 0 Å². The maximum absolute atomic E-state index is 11.7. The summed E-state index contributed by atoms with van der Waals surface area (Å²) >= 11 is 0. The number of rotatable bonds is 5. The van der Waals surface area contributed by atoms with Crippen molar-refractivity contribution in [2.75, 3.05) is 31.2 Å². The van der Waals surface area contributed by atoms with Gasteiger partial charge in [0.1, 0.15) is 0 Å². The molecule has 0 bridgehead atoms. The van der Waals surface area contributed by atoms with Gasteiger partial charge >= 0.3 is 0 Å². The van der Waals surface area contributed by atoms with E-state index in [2.05, 4.69) is 24.4 Å². The Balaban J connectivity index is 1.56. The predicted octanol–water partition coefficient (Wildman–Crippen LogP) is 1.84. The molecule has 2 heterocycles. The smallest absolute Gasteiger partial charge is 0.227 e. The maximum Gasteiger partial charge on any atom is 0.227 e. The van der Waals surface area contributed by atoms with Gasteiger partial charge in [0.2, 0.25) is 5.91 Å². The molecule has 0 aromatic heterocycles. The second kappa shape index (κ2) is 6.56. The summed E-state index contributed by atoms with van der Waals surface area (Å²) in [6, 6.07) is 8.43. The maximum atomic E-state index is 11.7. The first-order valence-corrected chi connectivity index (χ1v) is 7.61. The molecule has 0 aliphatic carbocycles. The van der Waals surface area contributed by atoms with Crippen LogP contribution >= 0.6 is 0 Å². The minimum atomic E-state index is -0.131. The van der Waals surface area contributed by atoms with Crippen LogP contribution in [-0.4, -0.2) is 38.5 Å². The van der Waals surface area contributed by atoms with Gasteiger partial charge in [-0.1, -0.05) is 12.1 Å². The molecule has 2 fully saturated rings. The lowest BCUT2D eigenvalue weighted by molar-refractivity contribution is -0.117. The van der Waals surface area contributed by atoms with Crippen molar-refractivity contribution in [3.63, 3.8) is 0 Å². The van der Waals surface area contributed by atoms with Gasteiger partial charge in [-0.2, -0.15) is 0 Å². The van der Waals surface area contributed by atoms with Crippen molar-refractivity contribution in [1.29, 1.82) is 0 Å². The van der Waals surface area contributed by atoms with Crippen molar-refractivity contribution >= 4 is 11.6 Å². The van der Waals surface area contributed by atoms with E-state index < -0.39 is 0 Å². The Morgan fingerprint density at radius 2 is 2.00 bits per heavy atom. The quantitative estimate of drug-likeness (QED) is 0.899. The molecule has 0 unspecified atom stereocenters. The molecule has 1 aromatic carbocycles. The van der Waals surface area contributed by atoms with Crippen molar-refractivity contribution in [2.24, 2.45) is 0 Å². The number of benzene rings is 1. The summed E-state index contributed by atoms with van der Waals surface area (Å²) in [5.74, 6) is 0.226. The minimum absolute atomic E-state index is 0.131. The number of hydrogen-bond acceptors (Lipinski definition) is 4. The van der Waals surface area contributed by atoms with Crippen LogP contribution < -0.4 is 10.2 Å². The summed E-state index contributed by atoms with van der Waals surface area (Å²) in [4.78, 5) is 13.6. The first-order valence-electron chi connectivity index (χ1n) is 7.61. The van der Waals surface area contributed by atoms with Gasteiger partial charge in [-0.05, 0) is 31.0 Å². The molecule has 0 spiro atoms. The molecule has 1 amide bonds. The number of nitrogens with one attached hydrogen (secondary N) is 1. The van der Waals surface area contributed by atoms with E-state index in [1.807, 2.05) is 17.0 Å². The van der Waals surface area contributed by atoms with E-state index in [-0.39, 0.29) is 18.2 Å². The SMILES string of the molecule is C[C@@H](NCC1OCCO1)c1ccc(N2CCCC2=O)cc1. The van der Waals surface area contributed by atoms with Gasteiger partial charge in [0.15, 0.2) is 6.29 Å². The topological polar surface area (TPSA) is 50.8 Å². The normalized spacial score (nSPS) is 21.2. The van der Waals surface area contributed by atoms with Gasteiger partial charge < -0.3 is 19.7 Å². The van der Waals surface area contributed by atoms with Crippen molar-refractivity contribution in [2.45, 2.75) is 32.1 Å². The van der Waals surface area contributed by atoms with Crippen LogP contribution in [0.15, 0.2) is 24.3 Å². The third kappa shape index (κ3) is 3.43. The Bertz CT molecular complexity index is 483. The number of anilines is 1. The average molecular weight is 290 g/mol. The van der Waals surface area contributed by atoms with E-state index in [1.54, 1.807) is 0 Å². The van der Waals surface area contributed by atoms with Crippen LogP contribution in [0.3, 0.4) is 0 Å². The van der Waals surface area contributed by atoms with Crippen LogP contribution in [0.1, 0.15) is 31.4 Å². The molecular weight excluding hydrogens is 268 g/mol. The fourth-order valence-corrected chi connectivity index (χ4v) is 2.78. The average Bonchev–Trinajstić information content (AvgIpc) is 3.16. The summed E-state index contributed by atoms with van der Waals surface area (Å²) in [5.41, 5.74) is 2.19. The monoisotopic (exact) mass is 290 g/mol. The molecule has 5 heteroatoms. The summed E-state index contributed by atoms with van der Waals surface area (Å²) in [6.07, 6.45) is 1.50. The lowest BCUT2D eigenvalue weighted by Crippen LogP contribution is -2.29. The Morgan fingerprint density at radius 3 is 2.62 bits per heavy atom. The van der Waals surface area contributed by atoms with E-state index >= 15 is 0 Å². The summed E-state index contributed by atoms with van der Waals surface area (Å²) < 4.78 is 10.8. The number of ether oxygens (including phenoxy) is 2. The molecule has 0 saturated carbocycles. The summed E-state index contributed by atoms with van der Waals surface area (Å²) in [7, 11) is 0. The summed E-state index contributed by atoms with van der Waals surface area (Å²) in [6.45, 7) is 5.00. The first-order chi connectivity index (χ1) is 10.2. The molecule has 1 atom stereocenters. The predicted molar refractivity (Wildman–Crippen MR) is 80.1 cm³/mol. The number of hydrogen-bond donors (Lipinski definition) is 1. The zero-order valence-electron chi connectivity index (χ0n) is 12.4. The third-order valence-corrected chi connectivity index (χ3v) is 4.06. The molecule has 1 N–H and O–H groups in total. The largest absolute Gasteiger partial charge is 0.349 e. The number of nitrogens with zero attached hydrogens (tertiary/aromatic N) is 1. The van der Waals surface area contributed by atoms with E-state index in [9.17, 15) is 4.79 Å². The van der Waals surface area contributed by atoms with Crippen molar-refractivity contribution in [3.8, 4) is 0 Å². The standard InChI is InChI=1S/C16H22N2O3/c1-12(17-11-16-20-9-10-21-16)13-4-6-14(7-5-13)18-8-2-3-15(18)19/h4-7,12,16-17H,2-3,8-11H2,1H3/t12-/m1/s1. The molecule has 2 aliphatic rings. The van der Waals surface area contributed by atoms with E-state index in [1.165, 1.54) is 5.56 Å². The molecule has 1 aromatic rings. The molecular formula is C16H22N2O3. The highest BCUT2D eigenvalue weighted by Crippen LogP contribution is 2.23.